The van der Waals surface area contributed by atoms with Crippen LogP contribution in [0.3, 0.4) is 0 Å². The number of carboxylic acids is 1. The predicted octanol–water partition coefficient (Wildman–Crippen LogP) is 2.49. The molecule has 1 atom stereocenters. The number of benzene rings is 1. The summed E-state index contributed by atoms with van der Waals surface area (Å²) < 4.78 is 11.2. The Bertz CT molecular complexity index is 461. The Hall–Kier alpha value is -1.75. The van der Waals surface area contributed by atoms with Crippen molar-refractivity contribution in [2.45, 2.75) is 38.1 Å². The van der Waals surface area contributed by atoms with Crippen LogP contribution in [0.1, 0.15) is 43.7 Å². The molecule has 5 heteroatoms. The molecule has 20 heavy (non-hydrogen) atoms. The van der Waals surface area contributed by atoms with E-state index in [0.29, 0.717) is 19.6 Å². The van der Waals surface area contributed by atoms with Crippen molar-refractivity contribution in [1.82, 2.24) is 0 Å². The number of unbranched alkanes of at least 4 members (excludes halogenated alkanes) is 1. The van der Waals surface area contributed by atoms with Gasteiger partial charge in [-0.05, 0) is 30.5 Å². The maximum atomic E-state index is 10.4. The zero-order chi connectivity index (χ0) is 14.4. The third-order valence-electron chi connectivity index (χ3n) is 3.36. The second-order valence-electron chi connectivity index (χ2n) is 5.00. The van der Waals surface area contributed by atoms with E-state index < -0.39 is 5.97 Å². The minimum atomic E-state index is -0.755. The van der Waals surface area contributed by atoms with Crippen LogP contribution in [0.2, 0.25) is 0 Å². The van der Waals surface area contributed by atoms with Gasteiger partial charge in [-0.25, -0.2) is 0 Å². The number of nitrogens with two attached hydrogens (primary N) is 1. The Balaban J connectivity index is 1.91. The number of ether oxygens (including phenoxy) is 2. The fourth-order valence-electron chi connectivity index (χ4n) is 2.22. The van der Waals surface area contributed by atoms with Gasteiger partial charge in [0, 0.05) is 18.9 Å². The minimum Gasteiger partial charge on any atom is -0.490 e. The number of rotatable bonds is 6. The molecule has 0 spiro atoms. The Morgan fingerprint density at radius 2 is 2.00 bits per heavy atom. The molecule has 2 rings (SSSR count). The van der Waals surface area contributed by atoms with Crippen LogP contribution in [0.15, 0.2) is 18.2 Å². The Morgan fingerprint density at radius 1 is 1.25 bits per heavy atom. The number of carbonyl (C=O) groups is 1. The van der Waals surface area contributed by atoms with Gasteiger partial charge in [0.05, 0.1) is 13.2 Å². The van der Waals surface area contributed by atoms with Gasteiger partial charge in [0.25, 0.3) is 0 Å². The zero-order valence-electron chi connectivity index (χ0n) is 11.5. The van der Waals surface area contributed by atoms with Crippen molar-refractivity contribution in [2.24, 2.45) is 5.73 Å². The van der Waals surface area contributed by atoms with E-state index in [1.165, 1.54) is 0 Å². The summed E-state index contributed by atoms with van der Waals surface area (Å²) in [6.45, 7) is 1.33. The molecule has 0 saturated carbocycles. The maximum absolute atomic E-state index is 10.4. The van der Waals surface area contributed by atoms with Crippen LogP contribution in [-0.2, 0) is 4.79 Å². The molecule has 1 aromatic carbocycles. The van der Waals surface area contributed by atoms with Crippen LogP contribution in [0.4, 0.5) is 0 Å². The monoisotopic (exact) mass is 279 g/mol. The van der Waals surface area contributed by atoms with Crippen LogP contribution in [0, 0.1) is 0 Å². The quantitative estimate of drug-likeness (QED) is 0.782. The van der Waals surface area contributed by atoms with Crippen LogP contribution in [0.5, 0.6) is 11.5 Å². The highest BCUT2D eigenvalue weighted by atomic mass is 16.5. The second-order valence-corrected chi connectivity index (χ2v) is 5.00. The molecule has 0 saturated heterocycles. The molecule has 1 aliphatic heterocycles. The van der Waals surface area contributed by atoms with Gasteiger partial charge in [-0.15, -0.1) is 0 Å². The van der Waals surface area contributed by atoms with Crippen LogP contribution in [-0.4, -0.2) is 24.3 Å². The minimum absolute atomic E-state index is 0.0963. The van der Waals surface area contributed by atoms with Gasteiger partial charge >= 0.3 is 5.97 Å². The lowest BCUT2D eigenvalue weighted by Gasteiger charge is -2.14. The highest BCUT2D eigenvalue weighted by Gasteiger charge is 2.13. The number of fused-ring (bicyclic) bond motifs is 1. The van der Waals surface area contributed by atoms with Crippen molar-refractivity contribution >= 4 is 5.97 Å². The Morgan fingerprint density at radius 3 is 2.75 bits per heavy atom. The molecular formula is C15H21NO4. The third-order valence-corrected chi connectivity index (χ3v) is 3.36. The Kier molecular flexibility index (Phi) is 5.24. The summed E-state index contributed by atoms with van der Waals surface area (Å²) in [6, 6.07) is 5.69. The topological polar surface area (TPSA) is 81.8 Å². The smallest absolute Gasteiger partial charge is 0.303 e. The maximum Gasteiger partial charge on any atom is 0.303 e. The van der Waals surface area contributed by atoms with Gasteiger partial charge < -0.3 is 20.3 Å². The molecule has 0 fully saturated rings. The average molecular weight is 279 g/mol. The lowest BCUT2D eigenvalue weighted by Crippen LogP contribution is -2.10. The van der Waals surface area contributed by atoms with Crippen LogP contribution < -0.4 is 15.2 Å². The highest BCUT2D eigenvalue weighted by molar-refractivity contribution is 5.66. The van der Waals surface area contributed by atoms with Crippen molar-refractivity contribution in [3.8, 4) is 11.5 Å². The van der Waals surface area contributed by atoms with Crippen molar-refractivity contribution < 1.29 is 19.4 Å². The van der Waals surface area contributed by atoms with Crippen molar-refractivity contribution in [3.63, 3.8) is 0 Å². The van der Waals surface area contributed by atoms with Crippen molar-refractivity contribution in [1.29, 1.82) is 0 Å². The van der Waals surface area contributed by atoms with Gasteiger partial charge in [-0.2, -0.15) is 0 Å². The molecule has 0 bridgehead atoms. The van der Waals surface area contributed by atoms with Gasteiger partial charge in [-0.3, -0.25) is 4.79 Å². The van der Waals surface area contributed by atoms with Crippen molar-refractivity contribution in [3.05, 3.63) is 23.8 Å². The van der Waals surface area contributed by atoms with E-state index in [1.807, 2.05) is 18.2 Å². The first kappa shape index (κ1) is 14.7. The molecule has 0 aromatic heterocycles. The largest absolute Gasteiger partial charge is 0.490 e. The van der Waals surface area contributed by atoms with E-state index in [2.05, 4.69) is 0 Å². The average Bonchev–Trinajstić information content (AvgIpc) is 2.67. The first-order valence-electron chi connectivity index (χ1n) is 7.04. The van der Waals surface area contributed by atoms with Crippen LogP contribution >= 0.6 is 0 Å². The van der Waals surface area contributed by atoms with Gasteiger partial charge in [-0.1, -0.05) is 12.5 Å². The van der Waals surface area contributed by atoms with Gasteiger partial charge in [0.2, 0.25) is 0 Å². The summed E-state index contributed by atoms with van der Waals surface area (Å²) in [5.41, 5.74) is 7.14. The molecular weight excluding hydrogens is 258 g/mol. The normalized spacial score (nSPS) is 15.4. The van der Waals surface area contributed by atoms with E-state index >= 15 is 0 Å². The first-order chi connectivity index (χ1) is 9.66. The van der Waals surface area contributed by atoms with E-state index in [9.17, 15) is 4.79 Å². The number of hydrogen-bond acceptors (Lipinski definition) is 4. The Labute approximate surface area is 118 Å². The lowest BCUT2D eigenvalue weighted by molar-refractivity contribution is -0.137. The van der Waals surface area contributed by atoms with E-state index in [4.69, 9.17) is 20.3 Å². The van der Waals surface area contributed by atoms with E-state index in [-0.39, 0.29) is 12.5 Å². The fourth-order valence-corrected chi connectivity index (χ4v) is 2.22. The third kappa shape index (κ3) is 4.13. The number of carboxylic acid groups (broad SMARTS) is 1. The zero-order valence-corrected chi connectivity index (χ0v) is 11.5. The molecule has 1 heterocycles. The summed E-state index contributed by atoms with van der Waals surface area (Å²) in [5, 5.41) is 8.59. The van der Waals surface area contributed by atoms with E-state index in [1.54, 1.807) is 0 Å². The molecule has 1 aromatic rings. The number of aliphatic carboxylic acids is 1. The summed E-state index contributed by atoms with van der Waals surface area (Å²) >= 11 is 0. The highest BCUT2D eigenvalue weighted by Crippen LogP contribution is 2.32. The second kappa shape index (κ2) is 7.14. The molecule has 3 N–H and O–H groups in total. The van der Waals surface area contributed by atoms with Crippen molar-refractivity contribution in [2.75, 3.05) is 13.2 Å². The summed E-state index contributed by atoms with van der Waals surface area (Å²) in [4.78, 5) is 10.4. The van der Waals surface area contributed by atoms with Crippen LogP contribution in [0.25, 0.3) is 0 Å². The fraction of sp³-hybridized carbons (Fsp3) is 0.533. The van der Waals surface area contributed by atoms with Gasteiger partial charge in [0.15, 0.2) is 11.5 Å². The lowest BCUT2D eigenvalue weighted by atomic mass is 10.0. The SMILES string of the molecule is NC(CCCCC(=O)O)c1ccc2c(c1)OCCCO2. The molecule has 0 radical (unpaired) electrons. The summed E-state index contributed by atoms with van der Waals surface area (Å²) in [6.07, 6.45) is 3.32. The molecule has 1 unspecified atom stereocenters. The first-order valence-corrected chi connectivity index (χ1v) is 7.04. The standard InChI is InChI=1S/C15H21NO4/c16-12(4-1-2-5-15(17)18)11-6-7-13-14(10-11)20-9-3-8-19-13/h6-7,10,12H,1-5,8-9,16H2,(H,17,18). The predicted molar refractivity (Wildman–Crippen MR) is 75.1 cm³/mol. The molecule has 0 amide bonds. The van der Waals surface area contributed by atoms with E-state index in [0.717, 1.165) is 36.3 Å². The summed E-state index contributed by atoms with van der Waals surface area (Å²) in [5.74, 6) is 0.763. The summed E-state index contributed by atoms with van der Waals surface area (Å²) in [7, 11) is 0. The molecule has 1 aliphatic rings. The number of hydrogen-bond donors (Lipinski definition) is 2. The molecule has 110 valence electrons. The van der Waals surface area contributed by atoms with Gasteiger partial charge in [0.1, 0.15) is 0 Å². The molecule has 0 aliphatic carbocycles. The molecule has 5 nitrogen and oxygen atoms in total.